The number of anilines is 1. The van der Waals surface area contributed by atoms with Crippen LogP contribution in [-0.2, 0) is 4.79 Å². The fourth-order valence-corrected chi connectivity index (χ4v) is 3.62. The Morgan fingerprint density at radius 2 is 1.86 bits per heavy atom. The van der Waals surface area contributed by atoms with Gasteiger partial charge in [0, 0.05) is 12.6 Å². The maximum Gasteiger partial charge on any atom is 0.337 e. The van der Waals surface area contributed by atoms with Crippen molar-refractivity contribution in [1.82, 2.24) is 4.90 Å². The number of aromatic hydroxyl groups is 1. The van der Waals surface area contributed by atoms with Crippen molar-refractivity contribution in [3.05, 3.63) is 64.1 Å². The molecule has 1 heterocycles. The molecule has 2 aromatic carbocycles. The van der Waals surface area contributed by atoms with Gasteiger partial charge in [0.15, 0.2) is 0 Å². The van der Waals surface area contributed by atoms with Crippen LogP contribution in [0.5, 0.6) is 5.75 Å². The highest BCUT2D eigenvalue weighted by atomic mass is 32.2. The van der Waals surface area contributed by atoms with E-state index < -0.39 is 11.9 Å². The molecule has 28 heavy (non-hydrogen) atoms. The van der Waals surface area contributed by atoms with Crippen molar-refractivity contribution in [3.63, 3.8) is 0 Å². The van der Waals surface area contributed by atoms with Crippen LogP contribution in [0.3, 0.4) is 0 Å². The third-order valence-electron chi connectivity index (χ3n) is 3.94. The van der Waals surface area contributed by atoms with Gasteiger partial charge < -0.3 is 15.5 Å². The minimum atomic E-state index is -1.27. The van der Waals surface area contributed by atoms with Gasteiger partial charge in [-0.1, -0.05) is 36.1 Å². The number of carbonyl (C=O) groups is 3. The lowest BCUT2D eigenvalue weighted by atomic mass is 10.1. The molecule has 0 atom stereocenters. The van der Waals surface area contributed by atoms with Gasteiger partial charge in [0.2, 0.25) is 0 Å². The predicted molar refractivity (Wildman–Crippen MR) is 110 cm³/mol. The zero-order valence-electron chi connectivity index (χ0n) is 14.5. The number of thioether (sulfide) groups is 1. The van der Waals surface area contributed by atoms with Crippen molar-refractivity contribution in [2.45, 2.75) is 0 Å². The Labute approximate surface area is 169 Å². The summed E-state index contributed by atoms with van der Waals surface area (Å²) in [5, 5.41) is 21.1. The molecule has 2 aromatic rings. The average Bonchev–Trinajstić information content (AvgIpc) is 2.90. The number of thiocarbonyl (C=S) groups is 1. The molecule has 0 saturated carbocycles. The van der Waals surface area contributed by atoms with E-state index in [9.17, 15) is 24.6 Å². The van der Waals surface area contributed by atoms with Crippen molar-refractivity contribution in [1.29, 1.82) is 0 Å². The third kappa shape index (κ3) is 4.05. The highest BCUT2D eigenvalue weighted by Gasteiger charge is 2.28. The molecule has 0 bridgehead atoms. The molecule has 0 aromatic heterocycles. The minimum absolute atomic E-state index is 0.0750. The van der Waals surface area contributed by atoms with Crippen LogP contribution in [0.4, 0.5) is 5.69 Å². The molecule has 1 fully saturated rings. The Balaban J connectivity index is 1.77. The quantitative estimate of drug-likeness (QED) is 0.401. The summed E-state index contributed by atoms with van der Waals surface area (Å²) in [5.41, 5.74) is 0.892. The number of nitrogens with zero attached hydrogens (tertiary/aromatic N) is 1. The van der Waals surface area contributed by atoms with E-state index >= 15 is 0 Å². The van der Waals surface area contributed by atoms with Crippen molar-refractivity contribution < 1.29 is 24.6 Å². The van der Waals surface area contributed by atoms with Crippen LogP contribution < -0.4 is 5.32 Å². The van der Waals surface area contributed by atoms with Crippen LogP contribution in [0, 0.1) is 0 Å². The molecule has 0 aliphatic carbocycles. The predicted octanol–water partition coefficient (Wildman–Crippen LogP) is 3.17. The third-order valence-corrected chi connectivity index (χ3v) is 5.42. The van der Waals surface area contributed by atoms with Gasteiger partial charge in [-0.15, -0.1) is 0 Å². The van der Waals surface area contributed by atoms with Crippen molar-refractivity contribution >= 4 is 57.8 Å². The lowest BCUT2D eigenvalue weighted by molar-refractivity contribution is -0.121. The van der Waals surface area contributed by atoms with Gasteiger partial charge in [0.25, 0.3) is 11.8 Å². The van der Waals surface area contributed by atoms with E-state index in [2.05, 4.69) is 5.32 Å². The summed E-state index contributed by atoms with van der Waals surface area (Å²) in [4.78, 5) is 37.6. The van der Waals surface area contributed by atoms with E-state index in [0.29, 0.717) is 14.8 Å². The summed E-state index contributed by atoms with van der Waals surface area (Å²) in [6.07, 6.45) is 1.69. The van der Waals surface area contributed by atoms with Gasteiger partial charge in [-0.3, -0.25) is 14.5 Å². The molecule has 3 N–H and O–H groups in total. The molecular formula is C19H14N2O5S2. The normalized spacial score (nSPS) is 15.2. The number of hydrogen-bond acceptors (Lipinski definition) is 6. The van der Waals surface area contributed by atoms with Gasteiger partial charge >= 0.3 is 5.97 Å². The average molecular weight is 414 g/mol. The van der Waals surface area contributed by atoms with E-state index in [0.717, 1.165) is 11.6 Å². The Hall–Kier alpha value is -3.17. The monoisotopic (exact) mass is 414 g/mol. The number of phenolic OH excluding ortho intramolecular Hbond substituents is 1. The number of nitrogens with one attached hydrogen (secondary N) is 1. The van der Waals surface area contributed by atoms with Crippen LogP contribution in [0.1, 0.15) is 26.3 Å². The molecule has 1 aliphatic heterocycles. The molecular weight excluding hydrogens is 400 g/mol. The molecule has 0 unspecified atom stereocenters. The number of carbonyl (C=O) groups excluding carboxylic acids is 2. The standard InChI is InChI=1S/C19H14N2O5S2/c1-21-17(24)15(28-19(21)27)8-10-2-4-11(5-3-10)16(23)20-14-7-6-12(22)9-13(14)18(25)26/h2-9,22H,1H3,(H,20,23)(H,25,26)/b15-8+. The number of rotatable bonds is 4. The largest absolute Gasteiger partial charge is 0.508 e. The number of hydrogen-bond donors (Lipinski definition) is 3. The topological polar surface area (TPSA) is 107 Å². The zero-order valence-corrected chi connectivity index (χ0v) is 16.1. The molecule has 1 aliphatic rings. The van der Waals surface area contributed by atoms with Crippen molar-refractivity contribution in [2.24, 2.45) is 0 Å². The molecule has 142 valence electrons. The van der Waals surface area contributed by atoms with Gasteiger partial charge in [-0.2, -0.15) is 0 Å². The lowest BCUT2D eigenvalue weighted by Crippen LogP contribution is -2.22. The summed E-state index contributed by atoms with van der Waals surface area (Å²) in [5.74, 6) is -2.16. The first-order valence-corrected chi connectivity index (χ1v) is 9.18. The van der Waals surface area contributed by atoms with Gasteiger partial charge in [-0.05, 0) is 42.0 Å². The van der Waals surface area contributed by atoms with Crippen LogP contribution >= 0.6 is 24.0 Å². The van der Waals surface area contributed by atoms with Crippen LogP contribution in [0.25, 0.3) is 6.08 Å². The molecule has 3 rings (SSSR count). The number of amides is 2. The second-order valence-corrected chi connectivity index (χ2v) is 7.53. The molecule has 7 nitrogen and oxygen atoms in total. The number of carboxylic acid groups (broad SMARTS) is 1. The number of phenols is 1. The highest BCUT2D eigenvalue weighted by molar-refractivity contribution is 8.26. The van der Waals surface area contributed by atoms with E-state index in [-0.39, 0.29) is 22.9 Å². The maximum atomic E-state index is 12.4. The van der Waals surface area contributed by atoms with E-state index in [4.69, 9.17) is 12.2 Å². The Kier molecular flexibility index (Phi) is 5.48. The number of benzene rings is 2. The minimum Gasteiger partial charge on any atom is -0.508 e. The second kappa shape index (κ2) is 7.83. The first-order valence-electron chi connectivity index (χ1n) is 7.95. The van der Waals surface area contributed by atoms with Crippen LogP contribution in [0.2, 0.25) is 0 Å². The van der Waals surface area contributed by atoms with Crippen LogP contribution in [0.15, 0.2) is 47.4 Å². The summed E-state index contributed by atoms with van der Waals surface area (Å²) in [7, 11) is 1.61. The van der Waals surface area contributed by atoms with Crippen LogP contribution in [-0.4, -0.2) is 44.3 Å². The summed E-state index contributed by atoms with van der Waals surface area (Å²) in [6.45, 7) is 0. The van der Waals surface area contributed by atoms with E-state index in [1.54, 1.807) is 37.4 Å². The molecule has 9 heteroatoms. The van der Waals surface area contributed by atoms with Gasteiger partial charge in [0.05, 0.1) is 16.2 Å². The Morgan fingerprint density at radius 3 is 2.43 bits per heavy atom. The SMILES string of the molecule is CN1C(=O)/C(=C\c2ccc(C(=O)Nc3ccc(O)cc3C(=O)O)cc2)SC1=S. The summed E-state index contributed by atoms with van der Waals surface area (Å²) >= 11 is 6.29. The summed E-state index contributed by atoms with van der Waals surface area (Å²) in [6, 6.07) is 10.1. The number of likely N-dealkylation sites (N-methyl/N-ethyl adjacent to an activating group) is 1. The Morgan fingerprint density at radius 1 is 1.18 bits per heavy atom. The molecule has 2 amide bonds. The van der Waals surface area contributed by atoms with Crippen molar-refractivity contribution in [3.8, 4) is 5.75 Å². The number of aromatic carboxylic acids is 1. The maximum absolute atomic E-state index is 12.4. The first kappa shape index (κ1) is 19.6. The van der Waals surface area contributed by atoms with Gasteiger partial charge in [-0.25, -0.2) is 4.79 Å². The van der Waals surface area contributed by atoms with Gasteiger partial charge in [0.1, 0.15) is 10.1 Å². The Bertz CT molecular complexity index is 1030. The number of carboxylic acids is 1. The fourth-order valence-electron chi connectivity index (χ4n) is 2.44. The smallest absolute Gasteiger partial charge is 0.337 e. The first-order chi connectivity index (χ1) is 13.3. The van der Waals surface area contributed by atoms with Crippen molar-refractivity contribution in [2.75, 3.05) is 12.4 Å². The van der Waals surface area contributed by atoms with E-state index in [1.807, 2.05) is 0 Å². The molecule has 1 saturated heterocycles. The fraction of sp³-hybridized carbons (Fsp3) is 0.0526. The second-order valence-electron chi connectivity index (χ2n) is 5.85. The lowest BCUT2D eigenvalue weighted by Gasteiger charge is -2.09. The van der Waals surface area contributed by atoms with E-state index in [1.165, 1.54) is 28.8 Å². The summed E-state index contributed by atoms with van der Waals surface area (Å²) < 4.78 is 0.482. The highest BCUT2D eigenvalue weighted by Crippen LogP contribution is 2.31. The zero-order chi connectivity index (χ0) is 20.4. The molecule has 0 spiro atoms. The molecule has 0 radical (unpaired) electrons.